The van der Waals surface area contributed by atoms with Crippen LogP contribution in [0.15, 0.2) is 58.5 Å². The molecule has 0 N–H and O–H groups in total. The lowest BCUT2D eigenvalue weighted by atomic mass is 10.1. The van der Waals surface area contributed by atoms with Crippen LogP contribution in [0.4, 0.5) is 0 Å². The normalized spacial score (nSPS) is 15.0. The fourth-order valence-electron chi connectivity index (χ4n) is 3.69. The van der Waals surface area contributed by atoms with E-state index in [1.54, 1.807) is 23.4 Å². The molecule has 0 atom stereocenters. The highest BCUT2D eigenvalue weighted by Crippen LogP contribution is 2.27. The first-order valence-corrected chi connectivity index (χ1v) is 10.8. The van der Waals surface area contributed by atoms with E-state index in [9.17, 15) is 4.79 Å². The van der Waals surface area contributed by atoms with Gasteiger partial charge in [-0.1, -0.05) is 42.4 Å². The summed E-state index contributed by atoms with van der Waals surface area (Å²) < 4.78 is 7.21. The minimum absolute atomic E-state index is 0.0597. The Morgan fingerprint density at radius 3 is 2.61 bits per heavy atom. The summed E-state index contributed by atoms with van der Waals surface area (Å²) in [5.74, 6) is 1.57. The molecule has 1 saturated heterocycles. The molecule has 1 aliphatic rings. The van der Waals surface area contributed by atoms with Gasteiger partial charge in [-0.15, -0.1) is 0 Å². The maximum Gasteiger partial charge on any atom is 0.266 e. The van der Waals surface area contributed by atoms with Gasteiger partial charge in [0.05, 0.1) is 23.7 Å². The Labute approximate surface area is 169 Å². The lowest BCUT2D eigenvalue weighted by Gasteiger charge is -2.26. The molecule has 2 heterocycles. The van der Waals surface area contributed by atoms with Crippen molar-refractivity contribution in [3.63, 3.8) is 0 Å². The van der Waals surface area contributed by atoms with Gasteiger partial charge in [0.1, 0.15) is 5.75 Å². The molecule has 146 valence electrons. The molecule has 0 saturated carbocycles. The highest BCUT2D eigenvalue weighted by molar-refractivity contribution is 7.99. The summed E-state index contributed by atoms with van der Waals surface area (Å²) in [5, 5.41) is 1.33. The number of aromatic nitrogens is 2. The fraction of sp³-hybridized carbons (Fsp3) is 0.364. The SMILES string of the molecule is COc1ccccc1-n1c(SCCN2CCCCC2)nc2ccccc2c1=O. The molecule has 1 fully saturated rings. The third-order valence-corrected chi connectivity index (χ3v) is 6.08. The second kappa shape index (κ2) is 8.80. The molecule has 1 aromatic heterocycles. The quantitative estimate of drug-likeness (QED) is 0.467. The van der Waals surface area contributed by atoms with Crippen molar-refractivity contribution < 1.29 is 4.74 Å². The maximum atomic E-state index is 13.3. The van der Waals surface area contributed by atoms with E-state index >= 15 is 0 Å². The van der Waals surface area contributed by atoms with Gasteiger partial charge in [0.25, 0.3) is 5.56 Å². The third kappa shape index (κ3) is 3.93. The number of hydrogen-bond donors (Lipinski definition) is 0. The van der Waals surface area contributed by atoms with Crippen LogP contribution in [0.3, 0.4) is 0 Å². The van der Waals surface area contributed by atoms with Crippen LogP contribution in [-0.2, 0) is 0 Å². The number of fused-ring (bicyclic) bond motifs is 1. The molecule has 6 heteroatoms. The van der Waals surface area contributed by atoms with Crippen LogP contribution < -0.4 is 10.3 Å². The molecule has 0 bridgehead atoms. The van der Waals surface area contributed by atoms with Crippen molar-refractivity contribution >= 4 is 22.7 Å². The summed E-state index contributed by atoms with van der Waals surface area (Å²) in [4.78, 5) is 20.7. The van der Waals surface area contributed by atoms with Gasteiger partial charge >= 0.3 is 0 Å². The van der Waals surface area contributed by atoms with E-state index in [2.05, 4.69) is 4.90 Å². The van der Waals surface area contributed by atoms with Crippen molar-refractivity contribution in [1.82, 2.24) is 14.5 Å². The van der Waals surface area contributed by atoms with Crippen molar-refractivity contribution in [1.29, 1.82) is 0 Å². The average molecular weight is 396 g/mol. The van der Waals surface area contributed by atoms with Crippen molar-refractivity contribution in [2.45, 2.75) is 24.4 Å². The van der Waals surface area contributed by atoms with Crippen molar-refractivity contribution in [2.75, 3.05) is 32.5 Å². The second-order valence-corrected chi connectivity index (χ2v) is 8.04. The maximum absolute atomic E-state index is 13.3. The van der Waals surface area contributed by atoms with Gasteiger partial charge in [-0.2, -0.15) is 0 Å². The highest BCUT2D eigenvalue weighted by atomic mass is 32.2. The molecule has 2 aromatic carbocycles. The molecule has 3 aromatic rings. The molecular formula is C22H25N3O2S. The zero-order chi connectivity index (χ0) is 19.3. The van der Waals surface area contributed by atoms with Crippen molar-refractivity contribution in [3.05, 3.63) is 58.9 Å². The molecule has 5 nitrogen and oxygen atoms in total. The first kappa shape index (κ1) is 19.0. The van der Waals surface area contributed by atoms with E-state index in [-0.39, 0.29) is 5.56 Å². The predicted molar refractivity (Wildman–Crippen MR) is 115 cm³/mol. The average Bonchev–Trinajstić information content (AvgIpc) is 2.75. The van der Waals surface area contributed by atoms with Crippen LogP contribution in [0, 0.1) is 0 Å². The summed E-state index contributed by atoms with van der Waals surface area (Å²) in [7, 11) is 1.63. The zero-order valence-corrected chi connectivity index (χ0v) is 17.0. The Balaban J connectivity index is 1.72. The second-order valence-electron chi connectivity index (χ2n) is 6.97. The number of ether oxygens (including phenoxy) is 1. The monoisotopic (exact) mass is 395 g/mol. The molecule has 28 heavy (non-hydrogen) atoms. The van der Waals surface area contributed by atoms with Crippen molar-refractivity contribution in [2.24, 2.45) is 0 Å². The number of thioether (sulfide) groups is 1. The van der Waals surface area contributed by atoms with Gasteiger partial charge < -0.3 is 9.64 Å². The zero-order valence-electron chi connectivity index (χ0n) is 16.1. The standard InChI is InChI=1S/C22H25N3O2S/c1-27-20-12-6-5-11-19(20)25-21(26)17-9-3-4-10-18(17)23-22(25)28-16-15-24-13-7-2-8-14-24/h3-6,9-12H,2,7-8,13-16H2,1H3. The smallest absolute Gasteiger partial charge is 0.266 e. The Bertz CT molecular complexity index is 1010. The largest absolute Gasteiger partial charge is 0.495 e. The number of hydrogen-bond acceptors (Lipinski definition) is 5. The predicted octanol–water partition coefficient (Wildman–Crippen LogP) is 3.97. The van der Waals surface area contributed by atoms with Crippen LogP contribution >= 0.6 is 11.8 Å². The van der Waals surface area contributed by atoms with Crippen LogP contribution in [0.25, 0.3) is 16.6 Å². The van der Waals surface area contributed by atoms with Gasteiger partial charge in [0.15, 0.2) is 5.16 Å². The Morgan fingerprint density at radius 1 is 1.04 bits per heavy atom. The van der Waals surface area contributed by atoms with Gasteiger partial charge in [-0.25, -0.2) is 4.98 Å². The summed E-state index contributed by atoms with van der Waals surface area (Å²) >= 11 is 1.64. The third-order valence-electron chi connectivity index (χ3n) is 5.16. The van der Waals surface area contributed by atoms with Crippen LogP contribution in [0.5, 0.6) is 5.75 Å². The Hall–Kier alpha value is -2.31. The van der Waals surface area contributed by atoms with E-state index in [1.807, 2.05) is 48.5 Å². The summed E-state index contributed by atoms with van der Waals surface area (Å²) in [6.07, 6.45) is 3.90. The first-order valence-electron chi connectivity index (χ1n) is 9.78. The molecule has 0 unspecified atom stereocenters. The lowest BCUT2D eigenvalue weighted by molar-refractivity contribution is 0.242. The number of para-hydroxylation sites is 3. The highest BCUT2D eigenvalue weighted by Gasteiger charge is 2.17. The molecule has 4 rings (SSSR count). The molecule has 0 spiro atoms. The minimum atomic E-state index is -0.0597. The van der Waals surface area contributed by atoms with E-state index in [4.69, 9.17) is 9.72 Å². The van der Waals surface area contributed by atoms with Crippen LogP contribution in [0.2, 0.25) is 0 Å². The van der Waals surface area contributed by atoms with E-state index in [0.717, 1.165) is 23.5 Å². The summed E-state index contributed by atoms with van der Waals surface area (Å²) in [5.41, 5.74) is 1.41. The molecule has 0 amide bonds. The van der Waals surface area contributed by atoms with E-state index < -0.39 is 0 Å². The number of nitrogens with zero attached hydrogens (tertiary/aromatic N) is 3. The number of likely N-dealkylation sites (tertiary alicyclic amines) is 1. The number of benzene rings is 2. The van der Waals surface area contributed by atoms with Crippen LogP contribution in [-0.4, -0.2) is 46.9 Å². The van der Waals surface area contributed by atoms with E-state index in [1.165, 1.54) is 32.4 Å². The summed E-state index contributed by atoms with van der Waals surface area (Å²) in [6.45, 7) is 3.36. The molecular weight excluding hydrogens is 370 g/mol. The van der Waals surface area contributed by atoms with Gasteiger partial charge in [-0.05, 0) is 50.2 Å². The summed E-state index contributed by atoms with van der Waals surface area (Å²) in [6, 6.07) is 15.1. The lowest BCUT2D eigenvalue weighted by Crippen LogP contribution is -2.31. The van der Waals surface area contributed by atoms with Gasteiger partial charge in [-0.3, -0.25) is 9.36 Å². The number of rotatable bonds is 6. The van der Waals surface area contributed by atoms with Gasteiger partial charge in [0.2, 0.25) is 0 Å². The van der Waals surface area contributed by atoms with Crippen molar-refractivity contribution in [3.8, 4) is 11.4 Å². The molecule has 0 aliphatic carbocycles. The number of piperidine rings is 1. The van der Waals surface area contributed by atoms with E-state index in [0.29, 0.717) is 16.3 Å². The minimum Gasteiger partial charge on any atom is -0.495 e. The van der Waals surface area contributed by atoms with Gasteiger partial charge in [0, 0.05) is 12.3 Å². The Kier molecular flexibility index (Phi) is 5.98. The topological polar surface area (TPSA) is 47.4 Å². The molecule has 0 radical (unpaired) electrons. The van der Waals surface area contributed by atoms with Crippen LogP contribution in [0.1, 0.15) is 19.3 Å². The first-order chi connectivity index (χ1) is 13.8. The molecule has 1 aliphatic heterocycles. The number of methoxy groups -OCH3 is 1. The fourth-order valence-corrected chi connectivity index (χ4v) is 4.69. The Morgan fingerprint density at radius 2 is 1.79 bits per heavy atom.